The van der Waals surface area contributed by atoms with Crippen molar-refractivity contribution in [2.45, 2.75) is 45.1 Å². The average Bonchev–Trinajstić information content (AvgIpc) is 3.21. The topological polar surface area (TPSA) is 58.6 Å². The molecule has 1 saturated heterocycles. The first-order valence-corrected chi connectivity index (χ1v) is 7.36. The highest BCUT2D eigenvalue weighted by Gasteiger charge is 2.34. The van der Waals surface area contributed by atoms with Crippen molar-refractivity contribution in [3.63, 3.8) is 0 Å². The molecule has 1 aliphatic carbocycles. The highest BCUT2D eigenvalue weighted by molar-refractivity contribution is 5.85. The number of piperidine rings is 1. The van der Waals surface area contributed by atoms with Gasteiger partial charge in [0.25, 0.3) is 0 Å². The van der Waals surface area contributed by atoms with Crippen LogP contribution in [0.15, 0.2) is 0 Å². The number of hydrogen-bond acceptors (Lipinski definition) is 4. The number of carbonyl (C=O) groups is 2. The van der Waals surface area contributed by atoms with Gasteiger partial charge in [-0.15, -0.1) is 12.4 Å². The Morgan fingerprint density at radius 2 is 1.85 bits per heavy atom. The summed E-state index contributed by atoms with van der Waals surface area (Å²) in [6, 6.07) is 0.277. The van der Waals surface area contributed by atoms with E-state index < -0.39 is 0 Å². The van der Waals surface area contributed by atoms with E-state index in [2.05, 4.69) is 5.32 Å². The summed E-state index contributed by atoms with van der Waals surface area (Å²) in [5, 5.41) is 3.30. The Balaban J connectivity index is 0.00000200. The molecular weight excluding hydrogens is 280 g/mol. The summed E-state index contributed by atoms with van der Waals surface area (Å²) in [6.45, 7) is 4.29. The molecule has 2 fully saturated rings. The molecule has 0 aromatic heterocycles. The number of carbonyl (C=O) groups excluding carboxylic acids is 2. The average molecular weight is 305 g/mol. The fourth-order valence-corrected chi connectivity index (χ4v) is 2.60. The van der Waals surface area contributed by atoms with Crippen molar-refractivity contribution in [3.8, 4) is 0 Å². The van der Waals surface area contributed by atoms with Crippen LogP contribution in [0.1, 0.15) is 39.0 Å². The van der Waals surface area contributed by atoms with Crippen molar-refractivity contribution in [2.75, 3.05) is 26.2 Å². The van der Waals surface area contributed by atoms with Gasteiger partial charge in [-0.05, 0) is 51.6 Å². The molecule has 0 aromatic carbocycles. The van der Waals surface area contributed by atoms with Crippen molar-refractivity contribution >= 4 is 24.3 Å². The first-order valence-electron chi connectivity index (χ1n) is 7.36. The standard InChI is InChI=1S/C14H24N2O3.ClH/c1-2-19-14(18)10-16(12-3-4-12)13(17)9-11-5-7-15-8-6-11;/h11-12,15H,2-10H2,1H3;1H. The largest absolute Gasteiger partial charge is 0.465 e. The van der Waals surface area contributed by atoms with Crippen LogP contribution in [0.2, 0.25) is 0 Å². The minimum absolute atomic E-state index is 0. The Morgan fingerprint density at radius 3 is 2.40 bits per heavy atom. The summed E-state index contributed by atoms with van der Waals surface area (Å²) in [5.41, 5.74) is 0. The second-order valence-corrected chi connectivity index (χ2v) is 5.46. The molecule has 5 nitrogen and oxygen atoms in total. The molecule has 0 spiro atoms. The predicted octanol–water partition coefficient (Wildman–Crippen LogP) is 1.35. The van der Waals surface area contributed by atoms with E-state index in [0.29, 0.717) is 18.9 Å². The van der Waals surface area contributed by atoms with E-state index in [-0.39, 0.29) is 36.9 Å². The molecule has 116 valence electrons. The summed E-state index contributed by atoms with van der Waals surface area (Å²) in [4.78, 5) is 25.6. The molecule has 1 amide bonds. The van der Waals surface area contributed by atoms with Crippen LogP contribution in [-0.2, 0) is 14.3 Å². The van der Waals surface area contributed by atoms with E-state index in [1.165, 1.54) is 0 Å². The summed E-state index contributed by atoms with van der Waals surface area (Å²) in [6.07, 6.45) is 4.75. The zero-order valence-electron chi connectivity index (χ0n) is 12.1. The van der Waals surface area contributed by atoms with Gasteiger partial charge >= 0.3 is 5.97 Å². The third kappa shape index (κ3) is 5.29. The van der Waals surface area contributed by atoms with E-state index in [9.17, 15) is 9.59 Å². The van der Waals surface area contributed by atoms with E-state index in [1.54, 1.807) is 11.8 Å². The van der Waals surface area contributed by atoms with E-state index in [1.807, 2.05) is 0 Å². The van der Waals surface area contributed by atoms with Gasteiger partial charge in [0.05, 0.1) is 6.61 Å². The fraction of sp³-hybridized carbons (Fsp3) is 0.857. The second kappa shape index (κ2) is 8.47. The maximum atomic E-state index is 12.3. The van der Waals surface area contributed by atoms with Gasteiger partial charge < -0.3 is 15.0 Å². The van der Waals surface area contributed by atoms with Gasteiger partial charge in [-0.2, -0.15) is 0 Å². The Kier molecular flexibility index (Phi) is 7.30. The molecule has 20 heavy (non-hydrogen) atoms. The van der Waals surface area contributed by atoms with Gasteiger partial charge in [-0.1, -0.05) is 0 Å². The van der Waals surface area contributed by atoms with Gasteiger partial charge in [0, 0.05) is 12.5 Å². The van der Waals surface area contributed by atoms with E-state index >= 15 is 0 Å². The van der Waals surface area contributed by atoms with Gasteiger partial charge in [0.15, 0.2) is 0 Å². The van der Waals surface area contributed by atoms with Gasteiger partial charge in [0.2, 0.25) is 5.91 Å². The van der Waals surface area contributed by atoms with Crippen LogP contribution in [0.25, 0.3) is 0 Å². The van der Waals surface area contributed by atoms with Crippen molar-refractivity contribution in [1.82, 2.24) is 10.2 Å². The summed E-state index contributed by atoms with van der Waals surface area (Å²) in [7, 11) is 0. The summed E-state index contributed by atoms with van der Waals surface area (Å²) >= 11 is 0. The van der Waals surface area contributed by atoms with Crippen molar-refractivity contribution in [1.29, 1.82) is 0 Å². The molecule has 1 saturated carbocycles. The third-order valence-corrected chi connectivity index (χ3v) is 3.83. The van der Waals surface area contributed by atoms with Crippen molar-refractivity contribution in [2.24, 2.45) is 5.92 Å². The number of halogens is 1. The third-order valence-electron chi connectivity index (χ3n) is 3.83. The lowest BCUT2D eigenvalue weighted by Crippen LogP contribution is -2.40. The van der Waals surface area contributed by atoms with Crippen LogP contribution in [0, 0.1) is 5.92 Å². The molecule has 1 N–H and O–H groups in total. The Labute approximate surface area is 126 Å². The molecule has 1 aliphatic heterocycles. The molecule has 0 radical (unpaired) electrons. The van der Waals surface area contributed by atoms with E-state index in [0.717, 1.165) is 38.8 Å². The molecule has 2 rings (SSSR count). The van der Waals surface area contributed by atoms with Gasteiger partial charge in [0.1, 0.15) is 6.54 Å². The van der Waals surface area contributed by atoms with Crippen LogP contribution in [0.3, 0.4) is 0 Å². The predicted molar refractivity (Wildman–Crippen MR) is 78.8 cm³/mol. The number of nitrogens with one attached hydrogen (secondary N) is 1. The number of amides is 1. The first-order chi connectivity index (χ1) is 9.20. The molecule has 2 aliphatic rings. The Hall–Kier alpha value is -0.810. The van der Waals surface area contributed by atoms with Crippen molar-refractivity contribution in [3.05, 3.63) is 0 Å². The Bertz CT molecular complexity index is 328. The first kappa shape index (κ1) is 17.2. The minimum atomic E-state index is -0.284. The summed E-state index contributed by atoms with van der Waals surface area (Å²) < 4.78 is 4.95. The lowest BCUT2D eigenvalue weighted by Gasteiger charge is -2.26. The van der Waals surface area contributed by atoms with Crippen LogP contribution in [0.4, 0.5) is 0 Å². The van der Waals surface area contributed by atoms with Crippen LogP contribution in [0.5, 0.6) is 0 Å². The van der Waals surface area contributed by atoms with Crippen LogP contribution < -0.4 is 5.32 Å². The molecule has 6 heteroatoms. The number of nitrogens with zero attached hydrogens (tertiary/aromatic N) is 1. The van der Waals surface area contributed by atoms with Gasteiger partial charge in [-0.3, -0.25) is 9.59 Å². The molecule has 1 heterocycles. The smallest absolute Gasteiger partial charge is 0.325 e. The van der Waals surface area contributed by atoms with Crippen LogP contribution >= 0.6 is 12.4 Å². The normalized spacial score (nSPS) is 19.1. The molecule has 0 aromatic rings. The molecular formula is C14H25ClN2O3. The number of hydrogen-bond donors (Lipinski definition) is 1. The van der Waals surface area contributed by atoms with Crippen LogP contribution in [-0.4, -0.2) is 49.1 Å². The quantitative estimate of drug-likeness (QED) is 0.753. The molecule has 0 atom stereocenters. The lowest BCUT2D eigenvalue weighted by molar-refractivity contribution is -0.149. The highest BCUT2D eigenvalue weighted by atomic mass is 35.5. The van der Waals surface area contributed by atoms with E-state index in [4.69, 9.17) is 4.74 Å². The number of ether oxygens (including phenoxy) is 1. The van der Waals surface area contributed by atoms with Crippen molar-refractivity contribution < 1.29 is 14.3 Å². The minimum Gasteiger partial charge on any atom is -0.465 e. The molecule has 0 bridgehead atoms. The highest BCUT2D eigenvalue weighted by Crippen LogP contribution is 2.28. The maximum Gasteiger partial charge on any atom is 0.325 e. The second-order valence-electron chi connectivity index (χ2n) is 5.46. The Morgan fingerprint density at radius 1 is 1.20 bits per heavy atom. The lowest BCUT2D eigenvalue weighted by atomic mass is 9.94. The molecule has 0 unspecified atom stereocenters. The number of rotatable bonds is 6. The fourth-order valence-electron chi connectivity index (χ4n) is 2.60. The monoisotopic (exact) mass is 304 g/mol. The summed E-state index contributed by atoms with van der Waals surface area (Å²) in [5.74, 6) is 0.313. The maximum absolute atomic E-state index is 12.3. The SMILES string of the molecule is CCOC(=O)CN(C(=O)CC1CCNCC1)C1CC1.Cl. The zero-order chi connectivity index (χ0) is 13.7. The number of esters is 1. The zero-order valence-corrected chi connectivity index (χ0v) is 12.9. The van der Waals surface area contributed by atoms with Gasteiger partial charge in [-0.25, -0.2) is 0 Å².